The number of aromatic nitrogens is 1. The van der Waals surface area contributed by atoms with Gasteiger partial charge in [0.2, 0.25) is 10.0 Å². The molecule has 0 bridgehead atoms. The molecule has 5 nitrogen and oxygen atoms in total. The third kappa shape index (κ3) is 4.00. The van der Waals surface area contributed by atoms with Crippen LogP contribution in [0.2, 0.25) is 0 Å². The van der Waals surface area contributed by atoms with E-state index >= 15 is 0 Å². The Hall–Kier alpha value is -1.96. The smallest absolute Gasteiger partial charge is 0.302 e. The van der Waals surface area contributed by atoms with Gasteiger partial charge in [0, 0.05) is 13.6 Å². The van der Waals surface area contributed by atoms with Crippen molar-refractivity contribution in [1.82, 2.24) is 9.29 Å². The van der Waals surface area contributed by atoms with E-state index in [-0.39, 0.29) is 9.77 Å². The molecule has 3 rings (SSSR count). The normalized spacial score (nSPS) is 11.9. The quantitative estimate of drug-likeness (QED) is 0.673. The van der Waals surface area contributed by atoms with Crippen molar-refractivity contribution >= 4 is 31.6 Å². The predicted octanol–water partition coefficient (Wildman–Crippen LogP) is 2.82. The molecule has 0 aliphatic rings. The first-order valence-corrected chi connectivity index (χ1v) is 10.3. The fraction of sp³-hybridized carbons (Fsp3) is 0.278. The lowest BCUT2D eigenvalue weighted by Gasteiger charge is -2.07. The molecule has 0 fully saturated rings. The van der Waals surface area contributed by atoms with Gasteiger partial charge in [0.15, 0.2) is 0 Å². The van der Waals surface area contributed by atoms with Crippen molar-refractivity contribution in [2.75, 3.05) is 6.54 Å². The Kier molecular flexibility index (Phi) is 5.08. The third-order valence-corrected chi connectivity index (χ3v) is 6.54. The van der Waals surface area contributed by atoms with Gasteiger partial charge in [0.25, 0.3) is 0 Å². The number of sulfonamides is 1. The molecule has 0 spiro atoms. The molecule has 1 aromatic heterocycles. The summed E-state index contributed by atoms with van der Waals surface area (Å²) in [5, 5.41) is 0. The molecule has 1 heterocycles. The number of hydrogen-bond donors (Lipinski definition) is 1. The molecule has 0 radical (unpaired) electrons. The molecule has 0 saturated carbocycles. The second-order valence-electron chi connectivity index (χ2n) is 6.05. The molecular formula is C18H20N2O3S2. The highest BCUT2D eigenvalue weighted by Gasteiger charge is 2.15. The average molecular weight is 377 g/mol. The van der Waals surface area contributed by atoms with Gasteiger partial charge in [-0.3, -0.25) is 4.79 Å². The number of nitrogens with one attached hydrogen (secondary N) is 1. The minimum Gasteiger partial charge on any atom is -0.302 e. The minimum absolute atomic E-state index is 0.101. The lowest BCUT2D eigenvalue weighted by Crippen LogP contribution is -2.25. The Morgan fingerprint density at radius 1 is 1.16 bits per heavy atom. The second kappa shape index (κ2) is 7.11. The summed E-state index contributed by atoms with van der Waals surface area (Å²) in [5.41, 5.74) is 3.15. The van der Waals surface area contributed by atoms with Crippen LogP contribution >= 0.6 is 11.3 Å². The van der Waals surface area contributed by atoms with Gasteiger partial charge in [-0.2, -0.15) is 0 Å². The van der Waals surface area contributed by atoms with Crippen LogP contribution in [0.15, 0.2) is 52.2 Å². The maximum Gasteiger partial charge on any atom is 0.307 e. The van der Waals surface area contributed by atoms with Crippen LogP contribution in [0.25, 0.3) is 10.2 Å². The summed E-state index contributed by atoms with van der Waals surface area (Å²) >= 11 is 1.05. The molecule has 0 amide bonds. The molecule has 0 aliphatic carbocycles. The van der Waals surface area contributed by atoms with Crippen molar-refractivity contribution in [2.45, 2.75) is 24.7 Å². The molecule has 2 aromatic carbocycles. The lowest BCUT2D eigenvalue weighted by molar-refractivity contribution is 0.579. The van der Waals surface area contributed by atoms with E-state index in [0.717, 1.165) is 29.7 Å². The first kappa shape index (κ1) is 17.8. The summed E-state index contributed by atoms with van der Waals surface area (Å²) < 4.78 is 29.7. The molecule has 132 valence electrons. The predicted molar refractivity (Wildman–Crippen MR) is 102 cm³/mol. The fourth-order valence-electron chi connectivity index (χ4n) is 2.73. The highest BCUT2D eigenvalue weighted by Crippen LogP contribution is 2.21. The van der Waals surface area contributed by atoms with E-state index in [1.807, 2.05) is 25.1 Å². The maximum absolute atomic E-state index is 12.4. The van der Waals surface area contributed by atoms with Crippen LogP contribution < -0.4 is 9.60 Å². The van der Waals surface area contributed by atoms with Gasteiger partial charge in [-0.15, -0.1) is 0 Å². The van der Waals surface area contributed by atoms with E-state index in [4.69, 9.17) is 0 Å². The van der Waals surface area contributed by atoms with E-state index in [2.05, 4.69) is 10.8 Å². The largest absolute Gasteiger partial charge is 0.307 e. The number of benzene rings is 2. The molecule has 0 saturated heterocycles. The van der Waals surface area contributed by atoms with Crippen molar-refractivity contribution in [3.63, 3.8) is 0 Å². The number of rotatable bonds is 6. The zero-order chi connectivity index (χ0) is 18.0. The Labute approximate surface area is 151 Å². The maximum atomic E-state index is 12.4. The summed E-state index contributed by atoms with van der Waals surface area (Å²) in [6.45, 7) is 2.42. The topological polar surface area (TPSA) is 68.2 Å². The molecule has 0 atom stereocenters. The lowest BCUT2D eigenvalue weighted by atomic mass is 10.1. The third-order valence-electron chi connectivity index (χ3n) is 4.09. The number of hydrogen-bond acceptors (Lipinski definition) is 4. The molecule has 3 aromatic rings. The summed E-state index contributed by atoms with van der Waals surface area (Å²) in [6.07, 6.45) is 1.55. The van der Waals surface area contributed by atoms with Gasteiger partial charge < -0.3 is 4.57 Å². The second-order valence-corrected chi connectivity index (χ2v) is 8.81. The number of aryl methyl sites for hydroxylation is 3. The Morgan fingerprint density at radius 3 is 2.72 bits per heavy atom. The van der Waals surface area contributed by atoms with Crippen LogP contribution in [0.1, 0.15) is 17.5 Å². The monoisotopic (exact) mass is 376 g/mol. The van der Waals surface area contributed by atoms with Gasteiger partial charge in [-0.25, -0.2) is 13.1 Å². The Morgan fingerprint density at radius 2 is 1.96 bits per heavy atom. The zero-order valence-electron chi connectivity index (χ0n) is 14.2. The summed E-state index contributed by atoms with van der Waals surface area (Å²) in [6, 6.07) is 13.0. The van der Waals surface area contributed by atoms with E-state index < -0.39 is 10.0 Å². The van der Waals surface area contributed by atoms with Crippen molar-refractivity contribution < 1.29 is 8.42 Å². The minimum atomic E-state index is -3.57. The van der Waals surface area contributed by atoms with Gasteiger partial charge >= 0.3 is 4.87 Å². The van der Waals surface area contributed by atoms with Gasteiger partial charge in [0.1, 0.15) is 0 Å². The molecule has 1 N–H and O–H groups in total. The van der Waals surface area contributed by atoms with Crippen LogP contribution in [-0.2, 0) is 23.5 Å². The summed E-state index contributed by atoms with van der Waals surface area (Å²) in [7, 11) is -1.89. The Balaban J connectivity index is 1.66. The standard InChI is InChI=1S/C18H20N2O3S2/c1-13-5-3-6-14(11-13)7-4-10-19-25(22,23)15-8-9-16-17(12-15)24-18(21)20(16)2/h3,5-6,8-9,11-12,19H,4,7,10H2,1-2H3. The fourth-order valence-corrected chi connectivity index (χ4v) is 4.82. The highest BCUT2D eigenvalue weighted by atomic mass is 32.2. The molecule has 0 aliphatic heterocycles. The molecule has 7 heteroatoms. The Bertz CT molecular complexity index is 1070. The van der Waals surface area contributed by atoms with Crippen LogP contribution in [0.4, 0.5) is 0 Å². The highest BCUT2D eigenvalue weighted by molar-refractivity contribution is 7.89. The first-order valence-electron chi connectivity index (χ1n) is 8.01. The number of thiazole rings is 1. The average Bonchev–Trinajstić information content (AvgIpc) is 2.86. The summed E-state index contributed by atoms with van der Waals surface area (Å²) in [4.78, 5) is 11.8. The van der Waals surface area contributed by atoms with E-state index in [9.17, 15) is 13.2 Å². The van der Waals surface area contributed by atoms with Crippen LogP contribution in [0.5, 0.6) is 0 Å². The van der Waals surface area contributed by atoms with Gasteiger partial charge in [-0.1, -0.05) is 41.2 Å². The van der Waals surface area contributed by atoms with E-state index in [1.54, 1.807) is 19.2 Å². The van der Waals surface area contributed by atoms with Crippen LogP contribution in [0, 0.1) is 6.92 Å². The van der Waals surface area contributed by atoms with Crippen molar-refractivity contribution in [3.05, 3.63) is 63.3 Å². The van der Waals surface area contributed by atoms with E-state index in [1.165, 1.54) is 21.8 Å². The van der Waals surface area contributed by atoms with Crippen LogP contribution in [0.3, 0.4) is 0 Å². The van der Waals surface area contributed by atoms with Gasteiger partial charge in [0.05, 0.1) is 15.1 Å². The van der Waals surface area contributed by atoms with E-state index in [0.29, 0.717) is 11.2 Å². The number of nitrogens with zero attached hydrogens (tertiary/aromatic N) is 1. The van der Waals surface area contributed by atoms with Crippen LogP contribution in [-0.4, -0.2) is 19.5 Å². The van der Waals surface area contributed by atoms with Crippen molar-refractivity contribution in [2.24, 2.45) is 7.05 Å². The molecule has 25 heavy (non-hydrogen) atoms. The van der Waals surface area contributed by atoms with Gasteiger partial charge in [-0.05, 0) is 43.5 Å². The molecule has 0 unspecified atom stereocenters. The summed E-state index contributed by atoms with van der Waals surface area (Å²) in [5.74, 6) is 0. The first-order chi connectivity index (χ1) is 11.9. The van der Waals surface area contributed by atoms with Crippen molar-refractivity contribution in [1.29, 1.82) is 0 Å². The molecular weight excluding hydrogens is 356 g/mol. The van der Waals surface area contributed by atoms with Crippen molar-refractivity contribution in [3.8, 4) is 0 Å². The zero-order valence-corrected chi connectivity index (χ0v) is 15.8. The number of fused-ring (bicyclic) bond motifs is 1. The SMILES string of the molecule is Cc1cccc(CCCNS(=O)(=O)c2ccc3c(c2)sc(=O)n3C)c1.